The van der Waals surface area contributed by atoms with Crippen molar-refractivity contribution in [1.29, 1.82) is 0 Å². The molecule has 1 spiro atoms. The van der Waals surface area contributed by atoms with E-state index in [4.69, 9.17) is 15.0 Å². The summed E-state index contributed by atoms with van der Waals surface area (Å²) in [6.07, 6.45) is 0. The Hall–Kier alpha value is -8.01. The number of benzene rings is 9. The minimum Gasteiger partial charge on any atom is -0.208 e. The van der Waals surface area contributed by atoms with Crippen LogP contribution >= 0.6 is 0 Å². The van der Waals surface area contributed by atoms with Crippen molar-refractivity contribution in [2.75, 3.05) is 0 Å². The smallest absolute Gasteiger partial charge is 0.164 e. The lowest BCUT2D eigenvalue weighted by atomic mass is 9.70. The van der Waals surface area contributed by atoms with Crippen LogP contribution in [0.5, 0.6) is 0 Å². The maximum Gasteiger partial charge on any atom is 0.164 e. The van der Waals surface area contributed by atoms with Crippen LogP contribution in [-0.4, -0.2) is 15.0 Å². The SMILES string of the molecule is c1ccc(-c2ccc(-c3nc(-c4ccccc4)nc(-c4ccc(-c5ccccc5-c5ccc6c(c5)-c5ccccc5C65c6ccccc6-c6ccccc65)cc4)n3)cc2)cc1. The van der Waals surface area contributed by atoms with Gasteiger partial charge in [0.05, 0.1) is 5.41 Å². The number of rotatable bonds is 6. The van der Waals surface area contributed by atoms with Crippen molar-refractivity contribution in [3.63, 3.8) is 0 Å². The molecule has 2 aliphatic carbocycles. The molecule has 12 rings (SSSR count). The van der Waals surface area contributed by atoms with E-state index in [-0.39, 0.29) is 5.41 Å². The Morgan fingerprint density at radius 2 is 0.525 bits per heavy atom. The van der Waals surface area contributed by atoms with Crippen LogP contribution < -0.4 is 0 Å². The van der Waals surface area contributed by atoms with Crippen LogP contribution in [0.15, 0.2) is 224 Å². The highest BCUT2D eigenvalue weighted by Crippen LogP contribution is 2.63. The molecule has 3 heteroatoms. The molecule has 9 aromatic carbocycles. The summed E-state index contributed by atoms with van der Waals surface area (Å²) in [7, 11) is 0. The fraction of sp³-hybridized carbons (Fsp3) is 0.0172. The number of nitrogens with zero attached hydrogens (tertiary/aromatic N) is 3. The van der Waals surface area contributed by atoms with Crippen LogP contribution in [0.1, 0.15) is 22.3 Å². The highest BCUT2D eigenvalue weighted by molar-refractivity contribution is 5.97. The lowest BCUT2D eigenvalue weighted by Crippen LogP contribution is -2.25. The Morgan fingerprint density at radius 1 is 0.213 bits per heavy atom. The van der Waals surface area contributed by atoms with Gasteiger partial charge >= 0.3 is 0 Å². The van der Waals surface area contributed by atoms with Gasteiger partial charge in [-0.2, -0.15) is 0 Å². The predicted molar refractivity (Wildman–Crippen MR) is 249 cm³/mol. The monoisotopic (exact) mass is 775 g/mol. The first kappa shape index (κ1) is 35.0. The van der Waals surface area contributed by atoms with Gasteiger partial charge in [0.25, 0.3) is 0 Å². The third-order valence-corrected chi connectivity index (χ3v) is 12.6. The molecule has 0 unspecified atom stereocenters. The normalized spacial score (nSPS) is 12.7. The molecule has 61 heavy (non-hydrogen) atoms. The lowest BCUT2D eigenvalue weighted by molar-refractivity contribution is 0.794. The van der Waals surface area contributed by atoms with Gasteiger partial charge in [-0.05, 0) is 84.0 Å². The standard InChI is InChI=1S/C58H37N3/c1-3-15-38(16-4-1)39-27-31-42(32-28-39)56-59-55(41-17-5-2-6-18-41)60-57(61-56)43-33-29-40(30-34-43)45-19-7-8-20-46(45)44-35-36-54-50(37-44)49-23-11-14-26-53(49)58(54)51-24-12-9-21-47(51)48-22-10-13-25-52(48)58/h1-37H. The fourth-order valence-corrected chi connectivity index (χ4v) is 9.85. The van der Waals surface area contributed by atoms with Crippen molar-refractivity contribution >= 4 is 0 Å². The van der Waals surface area contributed by atoms with E-state index >= 15 is 0 Å². The third kappa shape index (κ3) is 5.55. The highest BCUT2D eigenvalue weighted by atomic mass is 15.0. The van der Waals surface area contributed by atoms with Gasteiger partial charge in [0, 0.05) is 16.7 Å². The predicted octanol–water partition coefficient (Wildman–Crippen LogP) is 14.2. The fourth-order valence-electron chi connectivity index (χ4n) is 9.85. The van der Waals surface area contributed by atoms with E-state index in [1.165, 1.54) is 66.8 Å². The van der Waals surface area contributed by atoms with Crippen LogP contribution in [0.4, 0.5) is 0 Å². The number of hydrogen-bond donors (Lipinski definition) is 0. The van der Waals surface area contributed by atoms with Crippen LogP contribution in [0.3, 0.4) is 0 Å². The average molecular weight is 776 g/mol. The Kier molecular flexibility index (Phi) is 8.07. The Bertz CT molecular complexity index is 3230. The molecule has 0 atom stereocenters. The highest BCUT2D eigenvalue weighted by Gasteiger charge is 2.51. The third-order valence-electron chi connectivity index (χ3n) is 12.6. The topological polar surface area (TPSA) is 38.7 Å². The summed E-state index contributed by atoms with van der Waals surface area (Å²) in [5.41, 5.74) is 20.1. The molecule has 284 valence electrons. The number of fused-ring (bicyclic) bond motifs is 10. The summed E-state index contributed by atoms with van der Waals surface area (Å²) in [5, 5.41) is 0. The van der Waals surface area contributed by atoms with Gasteiger partial charge in [0.2, 0.25) is 0 Å². The molecule has 0 saturated heterocycles. The van der Waals surface area contributed by atoms with E-state index in [1.54, 1.807) is 0 Å². The number of hydrogen-bond acceptors (Lipinski definition) is 3. The van der Waals surface area contributed by atoms with E-state index in [0.29, 0.717) is 17.5 Å². The molecule has 0 fully saturated rings. The van der Waals surface area contributed by atoms with Gasteiger partial charge in [-0.1, -0.05) is 218 Å². The summed E-state index contributed by atoms with van der Waals surface area (Å²) < 4.78 is 0. The quantitative estimate of drug-likeness (QED) is 0.169. The van der Waals surface area contributed by atoms with E-state index in [0.717, 1.165) is 27.8 Å². The molecule has 0 saturated carbocycles. The maximum atomic E-state index is 5.06. The van der Waals surface area contributed by atoms with Crippen LogP contribution in [0, 0.1) is 0 Å². The number of aromatic nitrogens is 3. The van der Waals surface area contributed by atoms with E-state index < -0.39 is 0 Å². The molecule has 0 N–H and O–H groups in total. The molecule has 10 aromatic rings. The van der Waals surface area contributed by atoms with E-state index in [2.05, 4.69) is 188 Å². The second-order valence-corrected chi connectivity index (χ2v) is 15.9. The van der Waals surface area contributed by atoms with Crippen molar-refractivity contribution in [2.45, 2.75) is 5.41 Å². The zero-order valence-electron chi connectivity index (χ0n) is 33.2. The lowest BCUT2D eigenvalue weighted by Gasteiger charge is -2.30. The van der Waals surface area contributed by atoms with E-state index in [9.17, 15) is 0 Å². The van der Waals surface area contributed by atoms with Crippen molar-refractivity contribution in [1.82, 2.24) is 15.0 Å². The second kappa shape index (κ2) is 14.1. The molecule has 0 bridgehead atoms. The summed E-state index contributed by atoms with van der Waals surface area (Å²) in [5.74, 6) is 1.92. The Balaban J connectivity index is 0.929. The molecule has 0 radical (unpaired) electrons. The summed E-state index contributed by atoms with van der Waals surface area (Å²) in [6, 6.07) is 80.5. The molecule has 0 amide bonds. The van der Waals surface area contributed by atoms with Gasteiger partial charge in [-0.15, -0.1) is 0 Å². The van der Waals surface area contributed by atoms with Gasteiger partial charge in [-0.25, -0.2) is 15.0 Å². The molecule has 2 aliphatic rings. The summed E-state index contributed by atoms with van der Waals surface area (Å²) in [4.78, 5) is 15.1. The zero-order chi connectivity index (χ0) is 40.3. The largest absolute Gasteiger partial charge is 0.208 e. The molecule has 0 aliphatic heterocycles. The minimum atomic E-state index is -0.353. The first-order valence-electron chi connectivity index (χ1n) is 20.9. The zero-order valence-corrected chi connectivity index (χ0v) is 33.2. The molecule has 1 heterocycles. The molecule has 1 aromatic heterocycles. The Morgan fingerprint density at radius 3 is 1.03 bits per heavy atom. The minimum absolute atomic E-state index is 0.353. The van der Waals surface area contributed by atoms with Gasteiger partial charge in [-0.3, -0.25) is 0 Å². The van der Waals surface area contributed by atoms with Crippen molar-refractivity contribution in [3.8, 4) is 89.8 Å². The molecular weight excluding hydrogens is 739 g/mol. The first-order valence-corrected chi connectivity index (χ1v) is 20.9. The Labute approximate surface area is 355 Å². The van der Waals surface area contributed by atoms with Gasteiger partial charge in [0.1, 0.15) is 0 Å². The maximum absolute atomic E-state index is 5.06. The van der Waals surface area contributed by atoms with Gasteiger partial charge < -0.3 is 0 Å². The van der Waals surface area contributed by atoms with Crippen molar-refractivity contribution < 1.29 is 0 Å². The molecule has 3 nitrogen and oxygen atoms in total. The second-order valence-electron chi connectivity index (χ2n) is 15.9. The van der Waals surface area contributed by atoms with Crippen LogP contribution in [0.25, 0.3) is 89.8 Å². The average Bonchev–Trinajstić information content (AvgIpc) is 3.81. The van der Waals surface area contributed by atoms with Crippen LogP contribution in [0.2, 0.25) is 0 Å². The van der Waals surface area contributed by atoms with Crippen LogP contribution in [-0.2, 0) is 5.41 Å². The molecular formula is C58H37N3. The van der Waals surface area contributed by atoms with Crippen molar-refractivity contribution in [3.05, 3.63) is 247 Å². The van der Waals surface area contributed by atoms with Crippen molar-refractivity contribution in [2.24, 2.45) is 0 Å². The van der Waals surface area contributed by atoms with E-state index in [1.807, 2.05) is 36.4 Å². The van der Waals surface area contributed by atoms with Gasteiger partial charge in [0.15, 0.2) is 17.5 Å². The summed E-state index contributed by atoms with van der Waals surface area (Å²) in [6.45, 7) is 0. The first-order chi connectivity index (χ1) is 30.2. The summed E-state index contributed by atoms with van der Waals surface area (Å²) >= 11 is 0.